The number of carbonyl (C=O) groups is 1. The van der Waals surface area contributed by atoms with E-state index in [4.69, 9.17) is 9.84 Å². The van der Waals surface area contributed by atoms with Crippen molar-refractivity contribution in [2.75, 3.05) is 26.2 Å². The summed E-state index contributed by atoms with van der Waals surface area (Å²) in [5.74, 6) is -4.03. The van der Waals surface area contributed by atoms with Gasteiger partial charge in [-0.05, 0) is 62.5 Å². The van der Waals surface area contributed by atoms with Crippen LogP contribution in [-0.4, -0.2) is 42.2 Å². The smallest absolute Gasteiger partial charge is 0.341 e. The van der Waals surface area contributed by atoms with E-state index in [-0.39, 0.29) is 17.2 Å². The molecule has 1 aromatic carbocycles. The summed E-state index contributed by atoms with van der Waals surface area (Å²) in [6.07, 6.45) is 1.88. The molecule has 0 aliphatic carbocycles. The summed E-state index contributed by atoms with van der Waals surface area (Å²) in [7, 11) is 0. The molecular weight excluding hydrogens is 316 g/mol. The van der Waals surface area contributed by atoms with E-state index < -0.39 is 18.5 Å². The van der Waals surface area contributed by atoms with E-state index in [2.05, 4.69) is 11.8 Å². The lowest BCUT2D eigenvalue weighted by Crippen LogP contribution is -2.32. The Bertz CT molecular complexity index is 591. The number of aryl methyl sites for hydroxylation is 1. The van der Waals surface area contributed by atoms with Crippen molar-refractivity contribution < 1.29 is 23.4 Å². The maximum Gasteiger partial charge on any atom is 0.341 e. The Morgan fingerprint density at radius 1 is 1.38 bits per heavy atom. The highest BCUT2D eigenvalue weighted by molar-refractivity contribution is 5.68. The van der Waals surface area contributed by atoms with E-state index >= 15 is 0 Å². The Morgan fingerprint density at radius 2 is 2.00 bits per heavy atom. The molecule has 134 valence electrons. The van der Waals surface area contributed by atoms with Crippen LogP contribution in [0.3, 0.4) is 0 Å². The normalized spacial score (nSPS) is 17.0. The second kappa shape index (κ2) is 7.47. The molecule has 0 amide bonds. The summed E-state index contributed by atoms with van der Waals surface area (Å²) in [4.78, 5) is 13.1. The summed E-state index contributed by atoms with van der Waals surface area (Å²) in [6.45, 7) is 6.94. The molecule has 4 nitrogen and oxygen atoms in total. The number of nitrogens with zero attached hydrogens (tertiary/aromatic N) is 1. The number of aliphatic carboxylic acids is 1. The largest absolute Gasteiger partial charge is 0.481 e. The third kappa shape index (κ3) is 4.44. The minimum absolute atomic E-state index is 0.0142. The summed E-state index contributed by atoms with van der Waals surface area (Å²) in [5, 5.41) is 8.75. The van der Waals surface area contributed by atoms with Crippen LogP contribution in [0.15, 0.2) is 12.1 Å². The van der Waals surface area contributed by atoms with Gasteiger partial charge in [-0.25, -0.2) is 13.6 Å². The van der Waals surface area contributed by atoms with Gasteiger partial charge in [0.05, 0.1) is 5.56 Å². The number of hydrogen-bond donors (Lipinski definition) is 1. The standard InChI is InChI=1S/C18H25F2NO3/c1-4-21-7-5-13(6-8-21)14-9-12(2)17(24-11-16(22)23)15(10-14)18(3,19)20/h9-10,13H,4-8,11H2,1-3H3,(H,22,23). The van der Waals surface area contributed by atoms with Gasteiger partial charge in [-0.15, -0.1) is 0 Å². The molecule has 1 aromatic rings. The number of hydrogen-bond acceptors (Lipinski definition) is 3. The minimum Gasteiger partial charge on any atom is -0.481 e. The molecule has 0 bridgehead atoms. The predicted molar refractivity (Wildman–Crippen MR) is 88.0 cm³/mol. The molecule has 0 spiro atoms. The second-order valence-electron chi connectivity index (χ2n) is 6.49. The summed E-state index contributed by atoms with van der Waals surface area (Å²) in [6, 6.07) is 3.36. The molecule has 6 heteroatoms. The number of likely N-dealkylation sites (tertiary alicyclic amines) is 1. The lowest BCUT2D eigenvalue weighted by molar-refractivity contribution is -0.139. The highest BCUT2D eigenvalue weighted by Gasteiger charge is 2.32. The van der Waals surface area contributed by atoms with Crippen molar-refractivity contribution in [3.8, 4) is 5.75 Å². The average molecular weight is 341 g/mol. The summed E-state index contributed by atoms with van der Waals surface area (Å²) in [5.41, 5.74) is 1.22. The van der Waals surface area contributed by atoms with E-state index in [0.29, 0.717) is 5.56 Å². The van der Waals surface area contributed by atoms with Gasteiger partial charge in [0.1, 0.15) is 5.75 Å². The van der Waals surface area contributed by atoms with Crippen LogP contribution in [0.2, 0.25) is 0 Å². The number of ether oxygens (including phenoxy) is 1. The Balaban J connectivity index is 2.31. The fourth-order valence-corrected chi connectivity index (χ4v) is 3.27. The number of halogens is 2. The Morgan fingerprint density at radius 3 is 2.50 bits per heavy atom. The number of carboxylic acid groups (broad SMARTS) is 1. The van der Waals surface area contributed by atoms with Gasteiger partial charge in [0.25, 0.3) is 5.92 Å². The number of alkyl halides is 2. The molecule has 1 N–H and O–H groups in total. The molecule has 2 rings (SSSR count). The molecule has 1 aliphatic heterocycles. The highest BCUT2D eigenvalue weighted by Crippen LogP contribution is 2.40. The third-order valence-electron chi connectivity index (χ3n) is 4.62. The van der Waals surface area contributed by atoms with Crippen molar-refractivity contribution in [2.24, 2.45) is 0 Å². The van der Waals surface area contributed by atoms with Gasteiger partial charge >= 0.3 is 5.97 Å². The van der Waals surface area contributed by atoms with Crippen molar-refractivity contribution in [1.82, 2.24) is 4.90 Å². The van der Waals surface area contributed by atoms with Crippen molar-refractivity contribution in [3.63, 3.8) is 0 Å². The maximum absolute atomic E-state index is 14.0. The second-order valence-corrected chi connectivity index (χ2v) is 6.49. The highest BCUT2D eigenvalue weighted by atomic mass is 19.3. The zero-order chi connectivity index (χ0) is 17.9. The molecule has 1 aliphatic rings. The van der Waals surface area contributed by atoms with Crippen molar-refractivity contribution in [2.45, 2.75) is 45.5 Å². The number of rotatable bonds is 6. The molecular formula is C18H25F2NO3. The van der Waals surface area contributed by atoms with Crippen molar-refractivity contribution >= 4 is 5.97 Å². The van der Waals surface area contributed by atoms with E-state index in [1.807, 2.05) is 6.07 Å². The van der Waals surface area contributed by atoms with Crippen LogP contribution in [0.4, 0.5) is 8.78 Å². The molecule has 0 saturated carbocycles. The Kier molecular flexibility index (Phi) is 5.80. The van der Waals surface area contributed by atoms with Crippen LogP contribution < -0.4 is 4.74 Å². The molecule has 24 heavy (non-hydrogen) atoms. The van der Waals surface area contributed by atoms with Crippen molar-refractivity contribution in [3.05, 3.63) is 28.8 Å². The predicted octanol–water partition coefficient (Wildman–Crippen LogP) is 3.77. The molecule has 0 radical (unpaired) electrons. The molecule has 0 unspecified atom stereocenters. The van der Waals surface area contributed by atoms with Crippen LogP contribution in [0.25, 0.3) is 0 Å². The Hall–Kier alpha value is -1.69. The monoisotopic (exact) mass is 341 g/mol. The van der Waals surface area contributed by atoms with Crippen LogP contribution in [0, 0.1) is 6.92 Å². The number of piperidine rings is 1. The number of carboxylic acids is 1. The van der Waals surface area contributed by atoms with Crippen LogP contribution in [-0.2, 0) is 10.7 Å². The first-order valence-corrected chi connectivity index (χ1v) is 8.32. The first kappa shape index (κ1) is 18.6. The zero-order valence-electron chi connectivity index (χ0n) is 14.4. The fourth-order valence-electron chi connectivity index (χ4n) is 3.27. The maximum atomic E-state index is 14.0. The van der Waals surface area contributed by atoms with Gasteiger partial charge < -0.3 is 14.7 Å². The molecule has 0 aromatic heterocycles. The molecule has 1 heterocycles. The van der Waals surface area contributed by atoms with Crippen LogP contribution in [0.1, 0.15) is 49.3 Å². The van der Waals surface area contributed by atoms with Gasteiger partial charge in [-0.3, -0.25) is 0 Å². The summed E-state index contributed by atoms with van der Waals surface area (Å²) >= 11 is 0. The Labute approximate surface area is 141 Å². The van der Waals surface area contributed by atoms with E-state index in [1.54, 1.807) is 6.92 Å². The summed E-state index contributed by atoms with van der Waals surface area (Å²) < 4.78 is 33.2. The molecule has 1 fully saturated rings. The molecule has 1 saturated heterocycles. The first-order valence-electron chi connectivity index (χ1n) is 8.32. The minimum atomic E-state index is -3.08. The van der Waals surface area contributed by atoms with Gasteiger partial charge in [0, 0.05) is 6.92 Å². The van der Waals surface area contributed by atoms with E-state index in [9.17, 15) is 13.6 Å². The van der Waals surface area contributed by atoms with Gasteiger partial charge in [0.2, 0.25) is 0 Å². The average Bonchev–Trinajstić information content (AvgIpc) is 2.52. The van der Waals surface area contributed by atoms with Gasteiger partial charge in [-0.2, -0.15) is 0 Å². The topological polar surface area (TPSA) is 49.8 Å². The first-order chi connectivity index (χ1) is 11.2. The lowest BCUT2D eigenvalue weighted by Gasteiger charge is -2.32. The van der Waals surface area contributed by atoms with Crippen molar-refractivity contribution in [1.29, 1.82) is 0 Å². The van der Waals surface area contributed by atoms with Crippen LogP contribution in [0.5, 0.6) is 5.75 Å². The van der Waals surface area contributed by atoms with Gasteiger partial charge in [-0.1, -0.05) is 13.0 Å². The quantitative estimate of drug-likeness (QED) is 0.856. The van der Waals surface area contributed by atoms with E-state index in [0.717, 1.165) is 45.0 Å². The SMILES string of the molecule is CCN1CCC(c2cc(C)c(OCC(=O)O)c(C(C)(F)F)c2)CC1. The van der Waals surface area contributed by atoms with Crippen LogP contribution >= 0.6 is 0 Å². The number of benzene rings is 1. The fraction of sp³-hybridized carbons (Fsp3) is 0.611. The lowest BCUT2D eigenvalue weighted by atomic mass is 9.86. The zero-order valence-corrected chi connectivity index (χ0v) is 14.4. The van der Waals surface area contributed by atoms with Gasteiger partial charge in [0.15, 0.2) is 6.61 Å². The molecule has 0 atom stereocenters. The third-order valence-corrected chi connectivity index (χ3v) is 4.62. The van der Waals surface area contributed by atoms with E-state index in [1.165, 1.54) is 6.07 Å².